The van der Waals surface area contributed by atoms with E-state index in [4.69, 9.17) is 11.6 Å². The van der Waals surface area contributed by atoms with Crippen molar-refractivity contribution in [1.29, 1.82) is 0 Å². The van der Waals surface area contributed by atoms with E-state index in [1.165, 1.54) is 12.1 Å². The molecule has 1 amide bonds. The van der Waals surface area contributed by atoms with Crippen LogP contribution in [0.4, 0.5) is 4.39 Å². The van der Waals surface area contributed by atoms with Gasteiger partial charge in [0.25, 0.3) is 5.91 Å². The molecule has 0 saturated heterocycles. The van der Waals surface area contributed by atoms with Crippen LogP contribution in [-0.2, 0) is 0 Å². The second kappa shape index (κ2) is 6.35. The monoisotopic (exact) mass is 287 g/mol. The number of carbonyl (C=O) groups is 1. The molecule has 0 fully saturated rings. The highest BCUT2D eigenvalue weighted by molar-refractivity contribution is 6.30. The molecule has 3 nitrogen and oxygen atoms in total. The van der Waals surface area contributed by atoms with Crippen LogP contribution in [0.25, 0.3) is 0 Å². The minimum Gasteiger partial charge on any atom is -0.388 e. The number of halogens is 2. The SMILES string of the molecule is CCC(C)C(C)(O)CNC(=O)c1cc(Cl)ccc1F. The molecule has 0 saturated carbocycles. The summed E-state index contributed by atoms with van der Waals surface area (Å²) in [6, 6.07) is 3.79. The number of carbonyl (C=O) groups excluding carboxylic acids is 1. The quantitative estimate of drug-likeness (QED) is 0.875. The molecule has 106 valence electrons. The maximum Gasteiger partial charge on any atom is 0.254 e. The normalized spacial score (nSPS) is 15.7. The van der Waals surface area contributed by atoms with E-state index in [0.29, 0.717) is 5.02 Å². The van der Waals surface area contributed by atoms with Gasteiger partial charge in [0, 0.05) is 11.6 Å². The number of aliphatic hydroxyl groups is 1. The summed E-state index contributed by atoms with van der Waals surface area (Å²) in [5, 5.41) is 13.0. The fourth-order valence-corrected chi connectivity index (χ4v) is 1.81. The lowest BCUT2D eigenvalue weighted by molar-refractivity contribution is 0.00588. The van der Waals surface area contributed by atoms with E-state index < -0.39 is 17.3 Å². The summed E-state index contributed by atoms with van der Waals surface area (Å²) in [7, 11) is 0. The molecule has 0 aliphatic carbocycles. The summed E-state index contributed by atoms with van der Waals surface area (Å²) < 4.78 is 13.5. The average Bonchev–Trinajstić information content (AvgIpc) is 2.37. The Bertz CT molecular complexity index is 463. The number of benzene rings is 1. The molecular formula is C14H19ClFNO2. The molecule has 2 atom stereocenters. The lowest BCUT2D eigenvalue weighted by Gasteiger charge is -2.29. The summed E-state index contributed by atoms with van der Waals surface area (Å²) in [4.78, 5) is 11.9. The minimum atomic E-state index is -1.03. The van der Waals surface area contributed by atoms with Crippen LogP contribution in [0.15, 0.2) is 18.2 Å². The summed E-state index contributed by atoms with van der Waals surface area (Å²) >= 11 is 5.73. The van der Waals surface area contributed by atoms with Crippen molar-refractivity contribution in [2.45, 2.75) is 32.8 Å². The lowest BCUT2D eigenvalue weighted by Crippen LogP contribution is -2.45. The van der Waals surface area contributed by atoms with E-state index in [1.54, 1.807) is 6.92 Å². The maximum absolute atomic E-state index is 13.5. The van der Waals surface area contributed by atoms with E-state index in [2.05, 4.69) is 5.32 Å². The van der Waals surface area contributed by atoms with Crippen LogP contribution >= 0.6 is 11.6 Å². The van der Waals surface area contributed by atoms with Crippen molar-refractivity contribution < 1.29 is 14.3 Å². The van der Waals surface area contributed by atoms with Crippen LogP contribution in [-0.4, -0.2) is 23.2 Å². The molecule has 2 unspecified atom stereocenters. The minimum absolute atomic E-state index is 0.0250. The first-order chi connectivity index (χ1) is 8.77. The third kappa shape index (κ3) is 4.18. The average molecular weight is 288 g/mol. The Balaban J connectivity index is 2.73. The van der Waals surface area contributed by atoms with Gasteiger partial charge in [0.15, 0.2) is 0 Å². The van der Waals surface area contributed by atoms with Gasteiger partial charge in [0.05, 0.1) is 11.2 Å². The zero-order valence-corrected chi connectivity index (χ0v) is 12.1. The van der Waals surface area contributed by atoms with Crippen molar-refractivity contribution >= 4 is 17.5 Å². The molecule has 0 radical (unpaired) electrons. The van der Waals surface area contributed by atoms with Gasteiger partial charge in [-0.2, -0.15) is 0 Å². The summed E-state index contributed by atoms with van der Waals surface area (Å²) in [6.07, 6.45) is 0.786. The molecular weight excluding hydrogens is 269 g/mol. The van der Waals surface area contributed by atoms with Crippen LogP contribution < -0.4 is 5.32 Å². The molecule has 19 heavy (non-hydrogen) atoms. The smallest absolute Gasteiger partial charge is 0.254 e. The largest absolute Gasteiger partial charge is 0.388 e. The number of rotatable bonds is 5. The number of nitrogens with one attached hydrogen (secondary N) is 1. The van der Waals surface area contributed by atoms with Crippen LogP contribution in [0, 0.1) is 11.7 Å². The Kier molecular flexibility index (Phi) is 5.32. The highest BCUT2D eigenvalue weighted by atomic mass is 35.5. The third-order valence-electron chi connectivity index (χ3n) is 3.45. The standard InChI is InChI=1S/C14H19ClFNO2/c1-4-9(2)14(3,19)8-17-13(18)11-7-10(15)5-6-12(11)16/h5-7,9,19H,4,8H2,1-3H3,(H,17,18). The van der Waals surface area contributed by atoms with Crippen molar-refractivity contribution in [2.24, 2.45) is 5.92 Å². The summed E-state index contributed by atoms with van der Waals surface area (Å²) in [5.74, 6) is -1.19. The van der Waals surface area contributed by atoms with E-state index in [0.717, 1.165) is 12.5 Å². The van der Waals surface area contributed by atoms with Crippen LogP contribution in [0.3, 0.4) is 0 Å². The molecule has 1 aromatic rings. The van der Waals surface area contributed by atoms with Gasteiger partial charge >= 0.3 is 0 Å². The molecule has 0 heterocycles. The van der Waals surface area contributed by atoms with Gasteiger partial charge in [-0.25, -0.2) is 4.39 Å². The molecule has 0 aromatic heterocycles. The molecule has 0 bridgehead atoms. The Morgan fingerprint density at radius 1 is 1.58 bits per heavy atom. The van der Waals surface area contributed by atoms with Gasteiger partial charge in [-0.3, -0.25) is 4.79 Å². The van der Waals surface area contributed by atoms with Crippen molar-refractivity contribution in [2.75, 3.05) is 6.54 Å². The number of hydrogen-bond acceptors (Lipinski definition) is 2. The van der Waals surface area contributed by atoms with E-state index in [-0.39, 0.29) is 18.0 Å². The molecule has 0 aliphatic rings. The van der Waals surface area contributed by atoms with Crippen molar-refractivity contribution in [1.82, 2.24) is 5.32 Å². The van der Waals surface area contributed by atoms with Crippen LogP contribution in [0.2, 0.25) is 5.02 Å². The first-order valence-corrected chi connectivity index (χ1v) is 6.61. The number of hydrogen-bond donors (Lipinski definition) is 2. The fourth-order valence-electron chi connectivity index (χ4n) is 1.64. The van der Waals surface area contributed by atoms with Gasteiger partial charge < -0.3 is 10.4 Å². The van der Waals surface area contributed by atoms with Gasteiger partial charge in [0.1, 0.15) is 5.82 Å². The zero-order valence-electron chi connectivity index (χ0n) is 11.3. The molecule has 5 heteroatoms. The molecule has 2 N–H and O–H groups in total. The van der Waals surface area contributed by atoms with Gasteiger partial charge in [-0.05, 0) is 31.0 Å². The van der Waals surface area contributed by atoms with Crippen molar-refractivity contribution in [3.05, 3.63) is 34.6 Å². The Labute approximate surface area is 117 Å². The summed E-state index contributed by atoms with van der Waals surface area (Å²) in [6.45, 7) is 5.56. The van der Waals surface area contributed by atoms with Gasteiger partial charge in [0.2, 0.25) is 0 Å². The predicted octanol–water partition coefficient (Wildman–Crippen LogP) is 3.01. The fraction of sp³-hybridized carbons (Fsp3) is 0.500. The molecule has 0 spiro atoms. The van der Waals surface area contributed by atoms with Crippen molar-refractivity contribution in [3.8, 4) is 0 Å². The maximum atomic E-state index is 13.5. The van der Waals surface area contributed by atoms with Gasteiger partial charge in [-0.15, -0.1) is 0 Å². The Morgan fingerprint density at radius 3 is 2.79 bits per heavy atom. The summed E-state index contributed by atoms with van der Waals surface area (Å²) in [5.41, 5.74) is -1.15. The van der Waals surface area contributed by atoms with Gasteiger partial charge in [-0.1, -0.05) is 31.9 Å². The van der Waals surface area contributed by atoms with E-state index in [9.17, 15) is 14.3 Å². The second-order valence-electron chi connectivity index (χ2n) is 4.97. The van der Waals surface area contributed by atoms with E-state index in [1.807, 2.05) is 13.8 Å². The first kappa shape index (κ1) is 15.9. The highest BCUT2D eigenvalue weighted by Gasteiger charge is 2.27. The van der Waals surface area contributed by atoms with Crippen LogP contribution in [0.1, 0.15) is 37.6 Å². The lowest BCUT2D eigenvalue weighted by atomic mass is 9.88. The van der Waals surface area contributed by atoms with Crippen LogP contribution in [0.5, 0.6) is 0 Å². The highest BCUT2D eigenvalue weighted by Crippen LogP contribution is 2.19. The first-order valence-electron chi connectivity index (χ1n) is 6.23. The molecule has 0 aliphatic heterocycles. The molecule has 1 rings (SSSR count). The topological polar surface area (TPSA) is 49.3 Å². The Hall–Kier alpha value is -1.13. The Morgan fingerprint density at radius 2 is 2.21 bits per heavy atom. The zero-order chi connectivity index (χ0) is 14.6. The van der Waals surface area contributed by atoms with E-state index >= 15 is 0 Å². The third-order valence-corrected chi connectivity index (χ3v) is 3.69. The predicted molar refractivity (Wildman–Crippen MR) is 73.8 cm³/mol. The van der Waals surface area contributed by atoms with Crippen molar-refractivity contribution in [3.63, 3.8) is 0 Å². The molecule has 1 aromatic carbocycles. The second-order valence-corrected chi connectivity index (χ2v) is 5.41. The number of amides is 1.